The minimum Gasteiger partial charge on any atom is -0.319 e. The maximum absolute atomic E-state index is 12.1. The number of rotatable bonds is 5. The number of hydrazone groups is 1. The molecule has 0 radical (unpaired) electrons. The van der Waals surface area contributed by atoms with E-state index in [4.69, 9.17) is 0 Å². The van der Waals surface area contributed by atoms with Crippen molar-refractivity contribution >= 4 is 45.2 Å². The van der Waals surface area contributed by atoms with E-state index < -0.39 is 0 Å². The van der Waals surface area contributed by atoms with Crippen molar-refractivity contribution in [3.63, 3.8) is 0 Å². The SMILES string of the molecule is Cc1nc2ccccc2n1CC(=O)N/N=C\C(Br)=C\c1ccccc1. The van der Waals surface area contributed by atoms with Crippen LogP contribution in [0.5, 0.6) is 0 Å². The highest BCUT2D eigenvalue weighted by Gasteiger charge is 2.09. The molecule has 1 heterocycles. The van der Waals surface area contributed by atoms with E-state index in [9.17, 15) is 4.79 Å². The lowest BCUT2D eigenvalue weighted by Crippen LogP contribution is -2.23. The largest absolute Gasteiger partial charge is 0.319 e. The molecule has 126 valence electrons. The molecule has 0 fully saturated rings. The van der Waals surface area contributed by atoms with Crippen molar-refractivity contribution in [1.82, 2.24) is 15.0 Å². The first kappa shape index (κ1) is 17.1. The molecule has 0 saturated heterocycles. The van der Waals surface area contributed by atoms with Crippen molar-refractivity contribution in [2.75, 3.05) is 0 Å². The van der Waals surface area contributed by atoms with Gasteiger partial charge in [-0.1, -0.05) is 42.5 Å². The first-order valence-electron chi connectivity index (χ1n) is 7.79. The van der Waals surface area contributed by atoms with Gasteiger partial charge >= 0.3 is 0 Å². The van der Waals surface area contributed by atoms with Crippen LogP contribution in [0.15, 0.2) is 64.2 Å². The highest BCUT2D eigenvalue weighted by atomic mass is 79.9. The number of allylic oxidation sites excluding steroid dienone is 1. The molecular formula is C19H17BrN4O. The molecule has 25 heavy (non-hydrogen) atoms. The third-order valence-electron chi connectivity index (χ3n) is 3.63. The standard InChI is InChI=1S/C19H17BrN4O/c1-14-22-17-9-5-6-10-18(17)24(14)13-19(25)23-21-12-16(20)11-15-7-3-2-4-8-15/h2-12H,13H2,1H3,(H,23,25)/b16-11-,21-12-. The molecule has 0 unspecified atom stereocenters. The Morgan fingerprint density at radius 1 is 1.20 bits per heavy atom. The zero-order valence-corrected chi connectivity index (χ0v) is 15.3. The molecule has 0 spiro atoms. The Morgan fingerprint density at radius 3 is 2.72 bits per heavy atom. The van der Waals surface area contributed by atoms with Gasteiger partial charge < -0.3 is 4.57 Å². The molecule has 2 aromatic carbocycles. The summed E-state index contributed by atoms with van der Waals surface area (Å²) in [5.41, 5.74) is 5.40. The number of para-hydroxylation sites is 2. The van der Waals surface area contributed by atoms with E-state index in [2.05, 4.69) is 31.4 Å². The first-order chi connectivity index (χ1) is 12.1. The van der Waals surface area contributed by atoms with Crippen molar-refractivity contribution in [3.05, 3.63) is 70.5 Å². The van der Waals surface area contributed by atoms with Crippen LogP contribution in [0.3, 0.4) is 0 Å². The Morgan fingerprint density at radius 2 is 1.92 bits per heavy atom. The summed E-state index contributed by atoms with van der Waals surface area (Å²) in [5.74, 6) is 0.591. The Hall–Kier alpha value is -2.73. The number of nitrogens with zero attached hydrogens (tertiary/aromatic N) is 3. The van der Waals surface area contributed by atoms with E-state index in [1.54, 1.807) is 6.21 Å². The van der Waals surface area contributed by atoms with Crippen LogP contribution in [0.1, 0.15) is 11.4 Å². The van der Waals surface area contributed by atoms with E-state index in [0.717, 1.165) is 26.9 Å². The maximum Gasteiger partial charge on any atom is 0.260 e. The molecule has 0 atom stereocenters. The Labute approximate surface area is 154 Å². The average Bonchev–Trinajstić information content (AvgIpc) is 2.91. The van der Waals surface area contributed by atoms with E-state index >= 15 is 0 Å². The highest BCUT2D eigenvalue weighted by Crippen LogP contribution is 2.15. The summed E-state index contributed by atoms with van der Waals surface area (Å²) in [7, 11) is 0. The van der Waals surface area contributed by atoms with Gasteiger partial charge in [0.2, 0.25) is 0 Å². The summed E-state index contributed by atoms with van der Waals surface area (Å²) in [4.78, 5) is 16.6. The molecule has 1 aromatic heterocycles. The fourth-order valence-electron chi connectivity index (χ4n) is 2.49. The van der Waals surface area contributed by atoms with Crippen LogP contribution < -0.4 is 5.43 Å². The van der Waals surface area contributed by atoms with Crippen molar-refractivity contribution in [2.45, 2.75) is 13.5 Å². The lowest BCUT2D eigenvalue weighted by molar-refractivity contribution is -0.121. The number of fused-ring (bicyclic) bond motifs is 1. The topological polar surface area (TPSA) is 59.3 Å². The Kier molecular flexibility index (Phi) is 5.40. The van der Waals surface area contributed by atoms with E-state index in [1.807, 2.05) is 72.2 Å². The number of hydrogen-bond donors (Lipinski definition) is 1. The van der Waals surface area contributed by atoms with Crippen LogP contribution in [0, 0.1) is 6.92 Å². The molecule has 0 aliphatic heterocycles. The second kappa shape index (κ2) is 7.90. The fraction of sp³-hybridized carbons (Fsp3) is 0.105. The number of benzene rings is 2. The molecular weight excluding hydrogens is 380 g/mol. The Bertz CT molecular complexity index is 944. The minimum absolute atomic E-state index is 0.170. The van der Waals surface area contributed by atoms with Gasteiger partial charge in [0.25, 0.3) is 5.91 Å². The van der Waals surface area contributed by atoms with Crippen LogP contribution in [-0.2, 0) is 11.3 Å². The number of imidazole rings is 1. The fourth-order valence-corrected chi connectivity index (χ4v) is 2.85. The van der Waals surface area contributed by atoms with Gasteiger partial charge in [-0.15, -0.1) is 0 Å². The molecule has 1 N–H and O–H groups in total. The number of halogens is 1. The molecule has 0 aliphatic rings. The maximum atomic E-state index is 12.1. The van der Waals surface area contributed by atoms with Gasteiger partial charge in [-0.05, 0) is 46.6 Å². The number of aryl methyl sites for hydroxylation is 1. The van der Waals surface area contributed by atoms with Crippen molar-refractivity contribution in [2.24, 2.45) is 5.10 Å². The van der Waals surface area contributed by atoms with Crippen molar-refractivity contribution in [1.29, 1.82) is 0 Å². The van der Waals surface area contributed by atoms with E-state index in [0.29, 0.717) is 0 Å². The van der Waals surface area contributed by atoms with Crippen LogP contribution in [0.4, 0.5) is 0 Å². The summed E-state index contributed by atoms with van der Waals surface area (Å²) in [6.07, 6.45) is 3.48. The number of aromatic nitrogens is 2. The predicted octanol–water partition coefficient (Wildman–Crippen LogP) is 3.88. The molecule has 5 nitrogen and oxygen atoms in total. The van der Waals surface area contributed by atoms with Crippen molar-refractivity contribution in [3.8, 4) is 0 Å². The van der Waals surface area contributed by atoms with Gasteiger partial charge in [-0.25, -0.2) is 10.4 Å². The normalized spacial score (nSPS) is 12.0. The van der Waals surface area contributed by atoms with Crippen molar-refractivity contribution < 1.29 is 4.79 Å². The molecule has 3 rings (SSSR count). The van der Waals surface area contributed by atoms with Gasteiger partial charge in [0.15, 0.2) is 0 Å². The lowest BCUT2D eigenvalue weighted by Gasteiger charge is -2.05. The molecule has 0 aliphatic carbocycles. The molecule has 1 amide bonds. The molecule has 3 aromatic rings. The van der Waals surface area contributed by atoms with Gasteiger partial charge in [-0.3, -0.25) is 4.79 Å². The number of carbonyl (C=O) groups is 1. The number of amides is 1. The second-order valence-corrected chi connectivity index (χ2v) is 6.38. The highest BCUT2D eigenvalue weighted by molar-refractivity contribution is 9.12. The number of hydrogen-bond acceptors (Lipinski definition) is 3. The number of nitrogens with one attached hydrogen (secondary N) is 1. The van der Waals surface area contributed by atoms with E-state index in [-0.39, 0.29) is 12.5 Å². The predicted molar refractivity (Wildman–Crippen MR) is 104 cm³/mol. The Balaban J connectivity index is 1.63. The summed E-state index contributed by atoms with van der Waals surface area (Å²) in [6.45, 7) is 2.05. The summed E-state index contributed by atoms with van der Waals surface area (Å²) in [5, 5.41) is 3.98. The third kappa shape index (κ3) is 4.42. The minimum atomic E-state index is -0.206. The third-order valence-corrected chi connectivity index (χ3v) is 4.06. The number of carbonyl (C=O) groups excluding carboxylic acids is 1. The van der Waals surface area contributed by atoms with Crippen LogP contribution in [0.2, 0.25) is 0 Å². The van der Waals surface area contributed by atoms with Gasteiger partial charge in [0, 0.05) is 4.48 Å². The average molecular weight is 397 g/mol. The smallest absolute Gasteiger partial charge is 0.260 e. The summed E-state index contributed by atoms with van der Waals surface area (Å²) in [6, 6.07) is 17.6. The monoisotopic (exact) mass is 396 g/mol. The summed E-state index contributed by atoms with van der Waals surface area (Å²) < 4.78 is 2.64. The quantitative estimate of drug-likeness (QED) is 0.525. The molecule has 0 saturated carbocycles. The van der Waals surface area contributed by atoms with Crippen LogP contribution in [0.25, 0.3) is 17.1 Å². The lowest BCUT2D eigenvalue weighted by atomic mass is 10.2. The zero-order valence-electron chi connectivity index (χ0n) is 13.7. The van der Waals surface area contributed by atoms with Crippen LogP contribution >= 0.6 is 15.9 Å². The zero-order chi connectivity index (χ0) is 17.6. The summed E-state index contributed by atoms with van der Waals surface area (Å²) >= 11 is 3.41. The van der Waals surface area contributed by atoms with E-state index in [1.165, 1.54) is 0 Å². The van der Waals surface area contributed by atoms with Gasteiger partial charge in [0.1, 0.15) is 12.4 Å². The van der Waals surface area contributed by atoms with Gasteiger partial charge in [0.05, 0.1) is 17.2 Å². The van der Waals surface area contributed by atoms with Crippen LogP contribution in [-0.4, -0.2) is 21.7 Å². The molecule has 0 bridgehead atoms. The van der Waals surface area contributed by atoms with Gasteiger partial charge in [-0.2, -0.15) is 5.10 Å². The first-order valence-corrected chi connectivity index (χ1v) is 8.59. The second-order valence-electron chi connectivity index (χ2n) is 5.47. The molecule has 6 heteroatoms.